The van der Waals surface area contributed by atoms with Crippen molar-refractivity contribution >= 4 is 89.4 Å². The minimum absolute atomic E-state index is 0.0203. The fourth-order valence-electron chi connectivity index (χ4n) is 15.0. The second-order valence-electron chi connectivity index (χ2n) is 25.2. The van der Waals surface area contributed by atoms with Crippen molar-refractivity contribution in [3.63, 3.8) is 0 Å². The van der Waals surface area contributed by atoms with E-state index < -0.39 is 16.1 Å². The van der Waals surface area contributed by atoms with Gasteiger partial charge < -0.3 is 14.7 Å². The van der Waals surface area contributed by atoms with Crippen molar-refractivity contribution in [1.82, 2.24) is 0 Å². The fraction of sp³-hybridized carbons (Fsp3) is 0.344. The molecule has 7 aromatic carbocycles. The summed E-state index contributed by atoms with van der Waals surface area (Å²) >= 11 is 0. The minimum atomic E-state index is -1.76. The van der Waals surface area contributed by atoms with Gasteiger partial charge in [0, 0.05) is 50.6 Å². The Morgan fingerprint density at radius 1 is 0.414 bits per heavy atom. The fourth-order valence-corrected chi connectivity index (χ4v) is 17.4. The predicted molar refractivity (Wildman–Crippen MR) is 308 cm³/mol. The van der Waals surface area contributed by atoms with Gasteiger partial charge in [0.2, 0.25) is 0 Å². The smallest absolute Gasteiger partial charge is 0.252 e. The van der Waals surface area contributed by atoms with Crippen LogP contribution < -0.4 is 41.5 Å². The van der Waals surface area contributed by atoms with Gasteiger partial charge in [-0.2, -0.15) is 0 Å². The monoisotopic (exact) mass is 948 g/mol. The molecule has 3 nitrogen and oxygen atoms in total. The van der Waals surface area contributed by atoms with Gasteiger partial charge in [0.25, 0.3) is 6.71 Å². The Morgan fingerprint density at radius 3 is 1.64 bits per heavy atom. The molecule has 0 amide bonds. The van der Waals surface area contributed by atoms with Crippen LogP contribution in [0.15, 0.2) is 146 Å². The van der Waals surface area contributed by atoms with E-state index in [-0.39, 0.29) is 28.6 Å². The Hall–Kier alpha value is -5.56. The third-order valence-corrected chi connectivity index (χ3v) is 23.5. The Morgan fingerprint density at radius 2 is 0.986 bits per heavy atom. The van der Waals surface area contributed by atoms with E-state index in [9.17, 15) is 0 Å². The molecule has 13 rings (SSSR count). The van der Waals surface area contributed by atoms with Crippen LogP contribution >= 0.6 is 0 Å². The lowest BCUT2D eigenvalue weighted by Crippen LogP contribution is -2.65. The second kappa shape index (κ2) is 15.0. The molecule has 6 heteroatoms. The molecule has 70 heavy (non-hydrogen) atoms. The molecule has 2 aliphatic carbocycles. The van der Waals surface area contributed by atoms with E-state index in [1.807, 2.05) is 0 Å². The van der Waals surface area contributed by atoms with Gasteiger partial charge in [0.1, 0.15) is 0 Å². The lowest BCUT2D eigenvalue weighted by molar-refractivity contribution is 0.194. The molecule has 6 aliphatic rings. The quantitative estimate of drug-likeness (QED) is 0.154. The lowest BCUT2D eigenvalue weighted by atomic mass is 9.33. The summed E-state index contributed by atoms with van der Waals surface area (Å²) in [5, 5.41) is 3.17. The largest absolute Gasteiger partial charge is 0.335 e. The van der Waals surface area contributed by atoms with Crippen LogP contribution in [0.25, 0.3) is 22.3 Å². The molecule has 0 N–H and O–H groups in total. The second-order valence-corrected chi connectivity index (χ2v) is 35.4. The normalized spacial score (nSPS) is 24.9. The molecule has 352 valence electrons. The highest BCUT2D eigenvalue weighted by Gasteiger charge is 2.63. The van der Waals surface area contributed by atoms with E-state index in [2.05, 4.69) is 227 Å². The van der Waals surface area contributed by atoms with Crippen molar-refractivity contribution in [3.05, 3.63) is 157 Å². The van der Waals surface area contributed by atoms with E-state index in [0.717, 1.165) is 0 Å². The molecule has 4 heterocycles. The summed E-state index contributed by atoms with van der Waals surface area (Å²) in [6, 6.07) is 57.6. The van der Waals surface area contributed by atoms with Gasteiger partial charge in [0.15, 0.2) is 0 Å². The summed E-state index contributed by atoms with van der Waals surface area (Å²) in [6.45, 7) is 25.9. The van der Waals surface area contributed by atoms with Crippen molar-refractivity contribution in [2.75, 3.05) is 14.7 Å². The van der Waals surface area contributed by atoms with Crippen LogP contribution in [0.3, 0.4) is 0 Å². The number of anilines is 7. The molecule has 4 unspecified atom stereocenters. The maximum absolute atomic E-state index is 2.97. The van der Waals surface area contributed by atoms with Crippen molar-refractivity contribution in [2.45, 2.75) is 140 Å². The zero-order chi connectivity index (χ0) is 48.3. The maximum Gasteiger partial charge on any atom is 0.252 e. The van der Waals surface area contributed by atoms with Crippen LogP contribution in [0.1, 0.15) is 90.2 Å². The number of nitrogens with zero attached hydrogens (tertiary/aromatic N) is 3. The van der Waals surface area contributed by atoms with Crippen LogP contribution in [-0.4, -0.2) is 33.9 Å². The van der Waals surface area contributed by atoms with Crippen molar-refractivity contribution < 1.29 is 0 Å². The standard InChI is InChI=1S/C64H70BN3Si2/c1-61-32-17-19-34-63(61,3)67(55-31-29-49(40-51(55)61)69(5,6)7)48-38-57-59-58(39-48)68-60-52(62(2)33-18-20-35-64(62,68)4)41-50(70(8,9)10)42-54(60)65(59)53-30-28-46(44-24-15-12-16-25-44)37-56(53)66(57)47-27-21-26-45(36-47)43-22-13-11-14-23-43/h11-16,21-31,36-42H,17-20,32-35H2,1-10H3. The van der Waals surface area contributed by atoms with Crippen LogP contribution in [0, 0.1) is 0 Å². The van der Waals surface area contributed by atoms with Gasteiger partial charge in [-0.25, -0.2) is 0 Å². The van der Waals surface area contributed by atoms with E-state index in [1.165, 1.54) is 130 Å². The summed E-state index contributed by atoms with van der Waals surface area (Å²) in [5.41, 5.74) is 22.0. The number of hydrogen-bond donors (Lipinski definition) is 0. The first-order valence-electron chi connectivity index (χ1n) is 26.7. The van der Waals surface area contributed by atoms with Gasteiger partial charge in [-0.1, -0.05) is 198 Å². The Balaban J connectivity index is 1.16. The average Bonchev–Trinajstić information content (AvgIpc) is 3.70. The SMILES string of the molecule is CC12CCCCC1(C)N(c1cc3c4c(c1)N1c5c(cc([Si](C)(C)C)cc5C5(C)CCCCC15C)B4c1ccc(-c4ccccc4)cc1N3c1cccc(-c3ccccc3)c1)c1ccc([Si](C)(C)C)cc12. The molecule has 0 saturated heterocycles. The first-order chi connectivity index (χ1) is 33.4. The number of fused-ring (bicyclic) bond motifs is 10. The van der Waals surface area contributed by atoms with Crippen LogP contribution in [-0.2, 0) is 10.8 Å². The summed E-state index contributed by atoms with van der Waals surface area (Å²) in [7, 11) is -3.34. The molecule has 0 bridgehead atoms. The van der Waals surface area contributed by atoms with E-state index >= 15 is 0 Å². The molecule has 0 spiro atoms. The number of hydrogen-bond acceptors (Lipinski definition) is 3. The highest BCUT2D eigenvalue weighted by molar-refractivity contribution is 7.01. The van der Waals surface area contributed by atoms with Crippen LogP contribution in [0.5, 0.6) is 0 Å². The zero-order valence-electron chi connectivity index (χ0n) is 43.4. The topological polar surface area (TPSA) is 9.72 Å². The summed E-state index contributed by atoms with van der Waals surface area (Å²) in [6.07, 6.45) is 9.88. The van der Waals surface area contributed by atoms with Crippen molar-refractivity contribution in [3.8, 4) is 22.3 Å². The minimum Gasteiger partial charge on any atom is -0.335 e. The highest BCUT2D eigenvalue weighted by atomic mass is 28.3. The molecule has 4 atom stereocenters. The third kappa shape index (κ3) is 5.99. The molecule has 4 aliphatic heterocycles. The van der Waals surface area contributed by atoms with Gasteiger partial charge in [-0.15, -0.1) is 0 Å². The van der Waals surface area contributed by atoms with E-state index in [4.69, 9.17) is 0 Å². The molecular weight excluding hydrogens is 878 g/mol. The molecule has 7 aromatic rings. The maximum atomic E-state index is 2.97. The molecular formula is C64H70BN3Si2. The van der Waals surface area contributed by atoms with Crippen LogP contribution in [0.2, 0.25) is 39.3 Å². The van der Waals surface area contributed by atoms with Gasteiger partial charge in [-0.3, -0.25) is 0 Å². The summed E-state index contributed by atoms with van der Waals surface area (Å²) in [5.74, 6) is 0. The molecule has 0 aromatic heterocycles. The first-order valence-corrected chi connectivity index (χ1v) is 33.7. The van der Waals surface area contributed by atoms with Gasteiger partial charge >= 0.3 is 0 Å². The Kier molecular flexibility index (Phi) is 9.51. The number of rotatable bonds is 6. The van der Waals surface area contributed by atoms with Gasteiger partial charge in [-0.05, 0) is 126 Å². The molecule has 2 saturated carbocycles. The van der Waals surface area contributed by atoms with Crippen LogP contribution in [0.4, 0.5) is 39.8 Å². The molecule has 2 fully saturated rings. The lowest BCUT2D eigenvalue weighted by Gasteiger charge is -2.53. The highest BCUT2D eigenvalue weighted by Crippen LogP contribution is 2.64. The van der Waals surface area contributed by atoms with Crippen molar-refractivity contribution in [2.24, 2.45) is 0 Å². The Labute approximate surface area is 421 Å². The van der Waals surface area contributed by atoms with Crippen molar-refractivity contribution in [1.29, 1.82) is 0 Å². The first kappa shape index (κ1) is 44.4. The third-order valence-electron chi connectivity index (χ3n) is 19.4. The Bertz CT molecular complexity index is 3300. The molecule has 0 radical (unpaired) electrons. The average molecular weight is 948 g/mol. The number of benzene rings is 7. The van der Waals surface area contributed by atoms with Gasteiger partial charge in [0.05, 0.1) is 27.2 Å². The summed E-state index contributed by atoms with van der Waals surface area (Å²) in [4.78, 5) is 8.56. The van der Waals surface area contributed by atoms with E-state index in [1.54, 1.807) is 21.5 Å². The van der Waals surface area contributed by atoms with E-state index in [0.29, 0.717) is 0 Å². The summed E-state index contributed by atoms with van der Waals surface area (Å²) < 4.78 is 0. The predicted octanol–water partition coefficient (Wildman–Crippen LogP) is 14.2. The zero-order valence-corrected chi connectivity index (χ0v) is 45.4.